The van der Waals surface area contributed by atoms with Crippen molar-refractivity contribution >= 4 is 47.2 Å². The number of morpholine rings is 1. The molecular weight excluding hydrogens is 513 g/mol. The lowest BCUT2D eigenvalue weighted by Gasteiger charge is -2.36. The van der Waals surface area contributed by atoms with Crippen LogP contribution in [-0.2, 0) is 9.53 Å². The number of nitrogens with one attached hydrogen (secondary N) is 2. The maximum atomic E-state index is 12.0. The van der Waals surface area contributed by atoms with E-state index in [4.69, 9.17) is 9.73 Å². The van der Waals surface area contributed by atoms with E-state index in [0.717, 1.165) is 51.7 Å². The molecular formula is C21H36IN5O2S. The van der Waals surface area contributed by atoms with Gasteiger partial charge in [-0.1, -0.05) is 13.0 Å². The minimum Gasteiger partial charge on any atom is -0.376 e. The molecule has 0 radical (unpaired) electrons. The Morgan fingerprint density at radius 3 is 2.87 bits per heavy atom. The summed E-state index contributed by atoms with van der Waals surface area (Å²) in [6, 6.07) is 4.84. The summed E-state index contributed by atoms with van der Waals surface area (Å²) in [5, 5.41) is 9.06. The van der Waals surface area contributed by atoms with E-state index in [1.807, 2.05) is 11.8 Å². The number of hydrogen-bond acceptors (Lipinski definition) is 5. The maximum Gasteiger partial charge on any atom is 0.222 e. The van der Waals surface area contributed by atoms with E-state index in [1.54, 1.807) is 11.3 Å². The molecule has 2 aliphatic heterocycles. The lowest BCUT2D eigenvalue weighted by Crippen LogP contribution is -2.46. The summed E-state index contributed by atoms with van der Waals surface area (Å²) in [6.45, 7) is 11.9. The van der Waals surface area contributed by atoms with Crippen LogP contribution in [-0.4, -0.2) is 79.7 Å². The second-order valence-electron chi connectivity index (χ2n) is 7.75. The Bertz CT molecular complexity index is 672. The topological polar surface area (TPSA) is 69.2 Å². The van der Waals surface area contributed by atoms with E-state index in [2.05, 4.69) is 46.9 Å². The van der Waals surface area contributed by atoms with Crippen molar-refractivity contribution in [3.8, 4) is 0 Å². The highest BCUT2D eigenvalue weighted by Gasteiger charge is 2.28. The van der Waals surface area contributed by atoms with E-state index >= 15 is 0 Å². The van der Waals surface area contributed by atoms with Crippen LogP contribution in [0.3, 0.4) is 0 Å². The minimum atomic E-state index is 0. The molecule has 2 saturated heterocycles. The van der Waals surface area contributed by atoms with Gasteiger partial charge in [0.2, 0.25) is 5.91 Å². The van der Waals surface area contributed by atoms with Gasteiger partial charge in [0.15, 0.2) is 5.96 Å². The van der Waals surface area contributed by atoms with Gasteiger partial charge in [0.1, 0.15) is 0 Å². The highest BCUT2D eigenvalue weighted by molar-refractivity contribution is 14.0. The number of halogens is 1. The van der Waals surface area contributed by atoms with Gasteiger partial charge in [-0.25, -0.2) is 0 Å². The highest BCUT2D eigenvalue weighted by Crippen LogP contribution is 2.27. The van der Waals surface area contributed by atoms with Crippen molar-refractivity contribution in [1.29, 1.82) is 0 Å². The van der Waals surface area contributed by atoms with Crippen LogP contribution < -0.4 is 10.6 Å². The van der Waals surface area contributed by atoms with Gasteiger partial charge in [-0.05, 0) is 31.7 Å². The van der Waals surface area contributed by atoms with Crippen molar-refractivity contribution in [3.05, 3.63) is 22.4 Å². The first-order valence-corrected chi connectivity index (χ1v) is 11.7. The minimum absolute atomic E-state index is 0. The van der Waals surface area contributed by atoms with Gasteiger partial charge in [0.05, 0.1) is 25.3 Å². The average Bonchev–Trinajstić information content (AvgIpc) is 3.40. The number of ether oxygens (including phenoxy) is 1. The summed E-state index contributed by atoms with van der Waals surface area (Å²) in [7, 11) is 0. The van der Waals surface area contributed by atoms with Crippen LogP contribution in [0.5, 0.6) is 0 Å². The number of nitrogens with zero attached hydrogens (tertiary/aromatic N) is 3. The normalized spacial score (nSPS) is 23.7. The third-order valence-corrected chi connectivity index (χ3v) is 6.51. The van der Waals surface area contributed by atoms with Gasteiger partial charge >= 0.3 is 0 Å². The zero-order valence-corrected chi connectivity index (χ0v) is 21.4. The molecule has 2 aliphatic rings. The van der Waals surface area contributed by atoms with Gasteiger partial charge < -0.3 is 20.3 Å². The van der Waals surface area contributed by atoms with Gasteiger partial charge in [-0.15, -0.1) is 35.3 Å². The second-order valence-corrected chi connectivity index (χ2v) is 8.73. The third kappa shape index (κ3) is 7.06. The van der Waals surface area contributed by atoms with E-state index < -0.39 is 0 Å². The largest absolute Gasteiger partial charge is 0.376 e. The summed E-state index contributed by atoms with van der Waals surface area (Å²) in [4.78, 5) is 22.7. The number of likely N-dealkylation sites (tertiary alicyclic amines) is 1. The lowest BCUT2D eigenvalue weighted by molar-refractivity contribution is -0.129. The van der Waals surface area contributed by atoms with Crippen molar-refractivity contribution < 1.29 is 9.53 Å². The van der Waals surface area contributed by atoms with Crippen LogP contribution in [0.15, 0.2) is 22.5 Å². The number of amides is 1. The smallest absolute Gasteiger partial charge is 0.222 e. The number of rotatable bonds is 7. The summed E-state index contributed by atoms with van der Waals surface area (Å²) in [5.41, 5.74) is 0. The molecule has 1 amide bonds. The van der Waals surface area contributed by atoms with Crippen LogP contribution >= 0.6 is 35.3 Å². The fourth-order valence-electron chi connectivity index (χ4n) is 4.01. The van der Waals surface area contributed by atoms with E-state index in [1.165, 1.54) is 4.88 Å². The van der Waals surface area contributed by atoms with Crippen LogP contribution in [0, 0.1) is 0 Å². The Hall–Kier alpha value is -0.910. The van der Waals surface area contributed by atoms with Crippen LogP contribution in [0.1, 0.15) is 44.5 Å². The van der Waals surface area contributed by atoms with Gasteiger partial charge in [0.25, 0.3) is 0 Å². The fourth-order valence-corrected chi connectivity index (χ4v) is 4.87. The molecule has 2 N–H and O–H groups in total. The lowest BCUT2D eigenvalue weighted by atomic mass is 10.1. The molecule has 30 heavy (non-hydrogen) atoms. The SMILES string of the molecule is CCNC(=NCC(c1cccs1)N1CCOC(C)C1)NC1CCN(C(=O)CC)C1.I. The first-order valence-electron chi connectivity index (χ1n) is 10.8. The molecule has 0 bridgehead atoms. The number of carbonyl (C=O) groups is 1. The molecule has 3 unspecified atom stereocenters. The molecule has 2 fully saturated rings. The van der Waals surface area contributed by atoms with Gasteiger partial charge in [-0.2, -0.15) is 0 Å². The van der Waals surface area contributed by atoms with Crippen molar-refractivity contribution in [3.63, 3.8) is 0 Å². The molecule has 3 heterocycles. The monoisotopic (exact) mass is 549 g/mol. The molecule has 3 atom stereocenters. The molecule has 0 aromatic carbocycles. The Labute approximate surface area is 201 Å². The predicted octanol–water partition coefficient (Wildman–Crippen LogP) is 2.69. The molecule has 0 spiro atoms. The fraction of sp³-hybridized carbons (Fsp3) is 0.714. The number of guanidine groups is 1. The van der Waals surface area contributed by atoms with Crippen molar-refractivity contribution in [2.45, 2.75) is 51.8 Å². The Kier molecular flexibility index (Phi) is 10.8. The summed E-state index contributed by atoms with van der Waals surface area (Å²) < 4.78 is 5.74. The second kappa shape index (κ2) is 12.8. The number of aliphatic imine (C=N–C) groups is 1. The average molecular weight is 550 g/mol. The number of thiophene rings is 1. The molecule has 1 aromatic rings. The number of hydrogen-bond donors (Lipinski definition) is 2. The molecule has 3 rings (SSSR count). The van der Waals surface area contributed by atoms with Crippen molar-refractivity contribution in [1.82, 2.24) is 20.4 Å². The Morgan fingerprint density at radius 2 is 2.20 bits per heavy atom. The highest BCUT2D eigenvalue weighted by atomic mass is 127. The summed E-state index contributed by atoms with van der Waals surface area (Å²) in [6.07, 6.45) is 1.79. The molecule has 1 aromatic heterocycles. The van der Waals surface area contributed by atoms with Crippen molar-refractivity contribution in [2.75, 3.05) is 45.9 Å². The zero-order chi connectivity index (χ0) is 20.6. The van der Waals surface area contributed by atoms with Gasteiger partial charge in [0, 0.05) is 50.1 Å². The van der Waals surface area contributed by atoms with E-state index in [-0.39, 0.29) is 48.1 Å². The number of carbonyl (C=O) groups excluding carboxylic acids is 1. The summed E-state index contributed by atoms with van der Waals surface area (Å²) >= 11 is 1.79. The first kappa shape index (κ1) is 25.4. The van der Waals surface area contributed by atoms with Gasteiger partial charge in [-0.3, -0.25) is 14.7 Å². The summed E-state index contributed by atoms with van der Waals surface area (Å²) in [5.74, 6) is 1.07. The molecule has 7 nitrogen and oxygen atoms in total. The third-order valence-electron chi connectivity index (χ3n) is 5.54. The zero-order valence-electron chi connectivity index (χ0n) is 18.3. The van der Waals surface area contributed by atoms with Crippen LogP contribution in [0.2, 0.25) is 0 Å². The maximum absolute atomic E-state index is 12.0. The van der Waals surface area contributed by atoms with E-state index in [0.29, 0.717) is 13.0 Å². The molecule has 9 heteroatoms. The standard InChI is InChI=1S/C21H35N5O2S.HI/c1-4-20(27)26-9-8-17(15-26)24-21(22-5-2)23-13-18(19-7-6-12-29-19)25-10-11-28-16(3)14-25;/h6-7,12,16-18H,4-5,8-11,13-15H2,1-3H3,(H2,22,23,24);1H. The quantitative estimate of drug-likeness (QED) is 0.311. The Morgan fingerprint density at radius 1 is 1.37 bits per heavy atom. The van der Waals surface area contributed by atoms with Crippen molar-refractivity contribution in [2.24, 2.45) is 4.99 Å². The predicted molar refractivity (Wildman–Crippen MR) is 134 cm³/mol. The van der Waals surface area contributed by atoms with Crippen LogP contribution in [0.25, 0.3) is 0 Å². The molecule has 0 aliphatic carbocycles. The Balaban J connectivity index is 0.00000320. The molecule has 170 valence electrons. The van der Waals surface area contributed by atoms with Crippen LogP contribution in [0.4, 0.5) is 0 Å². The first-order chi connectivity index (χ1) is 14.1. The molecule has 0 saturated carbocycles. The van der Waals surface area contributed by atoms with E-state index in [9.17, 15) is 4.79 Å².